The Kier molecular flexibility index (Phi) is 3.79. The quantitative estimate of drug-likeness (QED) is 0.687. The van der Waals surface area contributed by atoms with Crippen LogP contribution in [0.5, 0.6) is 0 Å². The number of fused-ring (bicyclic) bond motifs is 4. The zero-order valence-electron chi connectivity index (χ0n) is 15.0. The van der Waals surface area contributed by atoms with Crippen LogP contribution in [0.4, 0.5) is 10.3 Å². The van der Waals surface area contributed by atoms with Crippen molar-refractivity contribution in [1.29, 1.82) is 5.26 Å². The van der Waals surface area contributed by atoms with E-state index in [1.54, 1.807) is 24.3 Å². The molecule has 1 aromatic carbocycles. The van der Waals surface area contributed by atoms with Gasteiger partial charge in [-0.05, 0) is 42.7 Å². The Hall–Kier alpha value is -3.40. The number of pyridine rings is 1. The Labute approximate surface area is 160 Å². The fourth-order valence-electron chi connectivity index (χ4n) is 4.38. The molecule has 28 heavy (non-hydrogen) atoms. The van der Waals surface area contributed by atoms with Crippen LogP contribution in [-0.2, 0) is 6.54 Å². The number of anilines is 1. The molecule has 6 nitrogen and oxygen atoms in total. The van der Waals surface area contributed by atoms with Crippen molar-refractivity contribution in [2.45, 2.75) is 18.9 Å². The van der Waals surface area contributed by atoms with Crippen LogP contribution in [0.25, 0.3) is 11.5 Å². The summed E-state index contributed by atoms with van der Waals surface area (Å²) in [5, 5.41) is 9.55. The van der Waals surface area contributed by atoms with Gasteiger partial charge in [-0.2, -0.15) is 10.2 Å². The molecule has 2 aliphatic rings. The van der Waals surface area contributed by atoms with E-state index in [0.717, 1.165) is 12.1 Å². The third kappa shape index (κ3) is 2.69. The Morgan fingerprint density at radius 1 is 1.14 bits per heavy atom. The molecule has 5 rings (SSSR count). The molecule has 2 aromatic heterocycles. The van der Waals surface area contributed by atoms with Gasteiger partial charge in [-0.3, -0.25) is 4.79 Å². The Bertz CT molecular complexity index is 1140. The summed E-state index contributed by atoms with van der Waals surface area (Å²) in [4.78, 5) is 18.5. The molecule has 1 fully saturated rings. The molecule has 2 bridgehead atoms. The Morgan fingerprint density at radius 2 is 1.96 bits per heavy atom. The first-order valence-electron chi connectivity index (χ1n) is 9.24. The lowest BCUT2D eigenvalue weighted by molar-refractivity contribution is 0.275. The number of halogens is 1. The van der Waals surface area contributed by atoms with Crippen molar-refractivity contribution in [2.75, 3.05) is 18.0 Å². The summed E-state index contributed by atoms with van der Waals surface area (Å²) in [5.74, 6) is 0.917. The molecule has 0 radical (unpaired) electrons. The van der Waals surface area contributed by atoms with E-state index < -0.39 is 0 Å². The molecule has 0 amide bonds. The number of hydrogen-bond donors (Lipinski definition) is 0. The SMILES string of the molecule is N#Cc1nc(-c2ccc(F)cc2)oc1N1C[C@H]2C[C@@H](C1)c1cccc(=O)n1C2. The van der Waals surface area contributed by atoms with E-state index in [0.29, 0.717) is 42.9 Å². The van der Waals surface area contributed by atoms with Crippen molar-refractivity contribution in [1.82, 2.24) is 9.55 Å². The number of hydrogen-bond acceptors (Lipinski definition) is 5. The first-order valence-corrected chi connectivity index (χ1v) is 9.24. The Morgan fingerprint density at radius 3 is 2.75 bits per heavy atom. The highest BCUT2D eigenvalue weighted by Crippen LogP contribution is 2.38. The van der Waals surface area contributed by atoms with Crippen molar-refractivity contribution >= 4 is 5.88 Å². The van der Waals surface area contributed by atoms with Gasteiger partial charge in [0.2, 0.25) is 17.5 Å². The monoisotopic (exact) mass is 376 g/mol. The molecule has 0 N–H and O–H groups in total. The molecule has 0 spiro atoms. The molecule has 7 heteroatoms. The lowest BCUT2D eigenvalue weighted by atomic mass is 9.83. The topological polar surface area (TPSA) is 75.1 Å². The second kappa shape index (κ2) is 6.34. The lowest BCUT2D eigenvalue weighted by Crippen LogP contribution is -2.47. The normalized spacial score (nSPS) is 20.5. The average Bonchev–Trinajstić information content (AvgIpc) is 3.14. The first kappa shape index (κ1) is 16.8. The van der Waals surface area contributed by atoms with Crippen molar-refractivity contribution in [3.63, 3.8) is 0 Å². The minimum absolute atomic E-state index is 0.0385. The molecular formula is C21H17FN4O2. The number of aromatic nitrogens is 2. The van der Waals surface area contributed by atoms with Gasteiger partial charge in [-0.25, -0.2) is 4.39 Å². The zero-order valence-corrected chi connectivity index (χ0v) is 15.0. The van der Waals surface area contributed by atoms with Crippen molar-refractivity contribution in [2.24, 2.45) is 5.92 Å². The van der Waals surface area contributed by atoms with Crippen LogP contribution in [-0.4, -0.2) is 22.6 Å². The first-order chi connectivity index (χ1) is 13.6. The van der Waals surface area contributed by atoms with Gasteiger partial charge in [0.25, 0.3) is 5.56 Å². The highest BCUT2D eigenvalue weighted by Gasteiger charge is 2.36. The minimum atomic E-state index is -0.339. The number of rotatable bonds is 2. The van der Waals surface area contributed by atoms with Gasteiger partial charge in [0.05, 0.1) is 0 Å². The van der Waals surface area contributed by atoms with Gasteiger partial charge in [0.15, 0.2) is 0 Å². The predicted octanol–water partition coefficient (Wildman–Crippen LogP) is 3.14. The number of oxazole rings is 1. The third-order valence-corrected chi connectivity index (χ3v) is 5.57. The van der Waals surface area contributed by atoms with Crippen molar-refractivity contribution < 1.29 is 8.81 Å². The van der Waals surface area contributed by atoms with Crippen LogP contribution >= 0.6 is 0 Å². The van der Waals surface area contributed by atoms with Gasteiger partial charge in [-0.1, -0.05) is 6.07 Å². The highest BCUT2D eigenvalue weighted by atomic mass is 19.1. The second-order valence-electron chi connectivity index (χ2n) is 7.39. The van der Waals surface area contributed by atoms with Gasteiger partial charge in [0.1, 0.15) is 11.9 Å². The largest absolute Gasteiger partial charge is 0.419 e. The predicted molar refractivity (Wildman–Crippen MR) is 100 cm³/mol. The average molecular weight is 376 g/mol. The summed E-state index contributed by atoms with van der Waals surface area (Å²) in [6.07, 6.45) is 1.01. The molecule has 2 aliphatic heterocycles. The standard InChI is InChI=1S/C21H17FN4O2/c22-16-6-4-14(5-7-16)20-24-17(9-23)21(28-20)25-10-13-8-15(12-25)18-2-1-3-19(27)26(18)11-13/h1-7,13,15H,8,10-12H2/t13-,15+/m1/s1. The van der Waals surface area contributed by atoms with E-state index >= 15 is 0 Å². The van der Waals surface area contributed by atoms with E-state index in [2.05, 4.69) is 16.0 Å². The molecule has 0 saturated carbocycles. The smallest absolute Gasteiger partial charge is 0.250 e. The van der Waals surface area contributed by atoms with E-state index in [1.807, 2.05) is 10.6 Å². The maximum absolute atomic E-state index is 13.2. The minimum Gasteiger partial charge on any atom is -0.419 e. The van der Waals surface area contributed by atoms with Crippen LogP contribution in [0, 0.1) is 23.1 Å². The fraction of sp³-hybridized carbons (Fsp3) is 0.286. The summed E-state index contributed by atoms with van der Waals surface area (Å²) in [5.41, 5.74) is 1.92. The van der Waals surface area contributed by atoms with Crippen LogP contribution in [0.3, 0.4) is 0 Å². The second-order valence-corrected chi connectivity index (χ2v) is 7.39. The van der Waals surface area contributed by atoms with Crippen LogP contribution in [0.2, 0.25) is 0 Å². The molecule has 2 atom stereocenters. The summed E-state index contributed by atoms with van der Waals surface area (Å²) in [6.45, 7) is 2.03. The van der Waals surface area contributed by atoms with E-state index in [-0.39, 0.29) is 23.0 Å². The molecule has 3 aromatic rings. The summed E-state index contributed by atoms with van der Waals surface area (Å²) in [6, 6.07) is 13.4. The molecule has 0 unspecified atom stereocenters. The zero-order chi connectivity index (χ0) is 19.3. The summed E-state index contributed by atoms with van der Waals surface area (Å²) in [7, 11) is 0. The van der Waals surface area contributed by atoms with Gasteiger partial charge >= 0.3 is 0 Å². The highest BCUT2D eigenvalue weighted by molar-refractivity contribution is 5.59. The maximum atomic E-state index is 13.2. The number of nitrogens with zero attached hydrogens (tertiary/aromatic N) is 4. The summed E-state index contributed by atoms with van der Waals surface area (Å²) < 4.78 is 21.0. The number of benzene rings is 1. The van der Waals surface area contributed by atoms with Crippen LogP contribution in [0.15, 0.2) is 51.7 Å². The van der Waals surface area contributed by atoms with E-state index in [9.17, 15) is 14.4 Å². The van der Waals surface area contributed by atoms with Crippen molar-refractivity contribution in [3.8, 4) is 17.5 Å². The lowest BCUT2D eigenvalue weighted by Gasteiger charge is -2.42. The van der Waals surface area contributed by atoms with Crippen LogP contribution in [0.1, 0.15) is 23.7 Å². The van der Waals surface area contributed by atoms with Crippen LogP contribution < -0.4 is 10.5 Å². The third-order valence-electron chi connectivity index (χ3n) is 5.57. The van der Waals surface area contributed by atoms with E-state index in [1.165, 1.54) is 12.1 Å². The van der Waals surface area contributed by atoms with Gasteiger partial charge in [0, 0.05) is 42.9 Å². The van der Waals surface area contributed by atoms with Gasteiger partial charge < -0.3 is 13.9 Å². The molecule has 1 saturated heterocycles. The molecular weight excluding hydrogens is 359 g/mol. The van der Waals surface area contributed by atoms with E-state index in [4.69, 9.17) is 4.42 Å². The molecule has 140 valence electrons. The Balaban J connectivity index is 1.50. The fourth-order valence-corrected chi connectivity index (χ4v) is 4.38. The number of piperidine rings is 1. The maximum Gasteiger partial charge on any atom is 0.250 e. The summed E-state index contributed by atoms with van der Waals surface area (Å²) >= 11 is 0. The molecule has 4 heterocycles. The number of nitriles is 1. The molecule has 0 aliphatic carbocycles. The van der Waals surface area contributed by atoms with Crippen molar-refractivity contribution in [3.05, 3.63) is 70.0 Å². The van der Waals surface area contributed by atoms with Gasteiger partial charge in [-0.15, -0.1) is 0 Å².